The summed E-state index contributed by atoms with van der Waals surface area (Å²) in [5.74, 6) is 0.913. The average molecular weight is 357 g/mol. The van der Waals surface area contributed by atoms with Crippen molar-refractivity contribution in [2.24, 2.45) is 0 Å². The van der Waals surface area contributed by atoms with Gasteiger partial charge >= 0.3 is 0 Å². The summed E-state index contributed by atoms with van der Waals surface area (Å²) in [6, 6.07) is 4.33. The Morgan fingerprint density at radius 1 is 1.08 bits per heavy atom. The van der Waals surface area contributed by atoms with Crippen molar-refractivity contribution in [3.63, 3.8) is 0 Å². The Morgan fingerprint density at radius 2 is 1.68 bits per heavy atom. The van der Waals surface area contributed by atoms with E-state index in [1.54, 1.807) is 6.07 Å². The topological polar surface area (TPSA) is 88.3 Å². The Labute approximate surface area is 150 Å². The summed E-state index contributed by atoms with van der Waals surface area (Å²) in [5, 5.41) is 18.9. The smallest absolute Gasteiger partial charge is 0.273 e. The first-order valence-corrected chi connectivity index (χ1v) is 8.17. The molecule has 1 aromatic carbocycles. The van der Waals surface area contributed by atoms with E-state index in [9.17, 15) is 10.1 Å². The van der Waals surface area contributed by atoms with Crippen LogP contribution in [0.15, 0.2) is 18.2 Å². The van der Waals surface area contributed by atoms with E-state index in [2.05, 4.69) is 9.80 Å². The predicted octanol–water partition coefficient (Wildman–Crippen LogP) is 1.86. The molecule has 0 amide bonds. The number of benzene rings is 1. The second-order valence-corrected chi connectivity index (χ2v) is 5.98. The quantitative estimate of drug-likeness (QED) is 0.388. The highest BCUT2D eigenvalue weighted by molar-refractivity contribution is 5.48. The molecule has 0 bridgehead atoms. The summed E-state index contributed by atoms with van der Waals surface area (Å²) in [4.78, 5) is 14.3. The number of non-ortho nitro benzene ring substituents is 1. The van der Waals surface area contributed by atoms with Gasteiger partial charge in [-0.2, -0.15) is 0 Å². The van der Waals surface area contributed by atoms with E-state index in [4.69, 9.17) is 14.6 Å². The second kappa shape index (κ2) is 13.4. The number of nitro benzene ring substituents is 1. The zero-order chi connectivity index (χ0) is 19.2. The lowest BCUT2D eigenvalue weighted by atomic mass is 10.3. The maximum atomic E-state index is 10.6. The fourth-order valence-corrected chi connectivity index (χ4v) is 1.84. The lowest BCUT2D eigenvalue weighted by Crippen LogP contribution is -2.15. The van der Waals surface area contributed by atoms with Crippen LogP contribution in [0.3, 0.4) is 0 Å². The van der Waals surface area contributed by atoms with Crippen LogP contribution in [0.25, 0.3) is 0 Å². The van der Waals surface area contributed by atoms with Crippen molar-refractivity contribution in [1.29, 1.82) is 0 Å². The summed E-state index contributed by atoms with van der Waals surface area (Å²) in [5.41, 5.74) is -0.00695. The Morgan fingerprint density at radius 3 is 2.12 bits per heavy atom. The number of methoxy groups -OCH3 is 1. The number of aliphatic hydroxyl groups is 1. The van der Waals surface area contributed by atoms with E-state index in [1.165, 1.54) is 19.2 Å². The molecule has 0 aromatic heterocycles. The van der Waals surface area contributed by atoms with E-state index >= 15 is 0 Å². The molecule has 0 aliphatic rings. The number of ether oxygens (including phenoxy) is 2. The molecule has 144 valence electrons. The number of nitro groups is 1. The molecule has 0 heterocycles. The Bertz CT molecular complexity index is 495. The van der Waals surface area contributed by atoms with Gasteiger partial charge in [-0.1, -0.05) is 0 Å². The van der Waals surface area contributed by atoms with Crippen LogP contribution >= 0.6 is 0 Å². The molecule has 0 unspecified atom stereocenters. The van der Waals surface area contributed by atoms with Gasteiger partial charge in [0.2, 0.25) is 0 Å². The molecule has 0 saturated carbocycles. The number of nitrogens with zero attached hydrogens (tertiary/aromatic N) is 3. The van der Waals surface area contributed by atoms with Crippen LogP contribution in [0.2, 0.25) is 0 Å². The van der Waals surface area contributed by atoms with Crippen molar-refractivity contribution in [3.8, 4) is 11.5 Å². The third-order valence-electron chi connectivity index (χ3n) is 3.13. The summed E-state index contributed by atoms with van der Waals surface area (Å²) in [7, 11) is 9.44. The first-order valence-electron chi connectivity index (χ1n) is 8.17. The molecule has 0 saturated heterocycles. The molecule has 0 aliphatic carbocycles. The minimum absolute atomic E-state index is 0.00695. The molecule has 1 N–H and O–H groups in total. The van der Waals surface area contributed by atoms with Crippen molar-refractivity contribution in [2.75, 3.05) is 61.6 Å². The minimum Gasteiger partial charge on any atom is -0.493 e. The van der Waals surface area contributed by atoms with Crippen LogP contribution in [0.5, 0.6) is 11.5 Å². The van der Waals surface area contributed by atoms with Crippen molar-refractivity contribution in [3.05, 3.63) is 28.3 Å². The maximum absolute atomic E-state index is 10.6. The van der Waals surface area contributed by atoms with E-state index in [0.29, 0.717) is 24.7 Å². The van der Waals surface area contributed by atoms with Crippen molar-refractivity contribution < 1.29 is 19.5 Å². The lowest BCUT2D eigenvalue weighted by Gasteiger charge is -2.12. The highest BCUT2D eigenvalue weighted by Crippen LogP contribution is 2.31. The van der Waals surface area contributed by atoms with E-state index in [0.717, 1.165) is 25.9 Å². The lowest BCUT2D eigenvalue weighted by molar-refractivity contribution is -0.385. The number of rotatable bonds is 10. The van der Waals surface area contributed by atoms with Crippen LogP contribution in [0.4, 0.5) is 5.69 Å². The Kier molecular flexibility index (Phi) is 12.4. The van der Waals surface area contributed by atoms with Gasteiger partial charge in [-0.05, 0) is 53.6 Å². The van der Waals surface area contributed by atoms with Gasteiger partial charge in [0.1, 0.15) is 0 Å². The molecule has 8 heteroatoms. The van der Waals surface area contributed by atoms with Crippen LogP contribution in [-0.4, -0.2) is 81.4 Å². The van der Waals surface area contributed by atoms with Crippen LogP contribution < -0.4 is 9.47 Å². The molecule has 0 radical (unpaired) electrons. The SMILES string of the molecule is CN(C)CCCO.COc1cc([N+](=O)[O-])ccc1OCCCN(C)C. The molecular formula is C17H31N3O5. The molecule has 8 nitrogen and oxygen atoms in total. The molecular weight excluding hydrogens is 326 g/mol. The number of aliphatic hydroxyl groups excluding tert-OH is 1. The highest BCUT2D eigenvalue weighted by atomic mass is 16.6. The molecule has 25 heavy (non-hydrogen) atoms. The maximum Gasteiger partial charge on any atom is 0.273 e. The van der Waals surface area contributed by atoms with Crippen molar-refractivity contribution in [1.82, 2.24) is 9.80 Å². The molecule has 0 spiro atoms. The van der Waals surface area contributed by atoms with Crippen molar-refractivity contribution in [2.45, 2.75) is 12.8 Å². The molecule has 1 aromatic rings. The first-order chi connectivity index (χ1) is 11.8. The van der Waals surface area contributed by atoms with Crippen molar-refractivity contribution >= 4 is 5.69 Å². The number of hydrogen-bond donors (Lipinski definition) is 1. The first kappa shape index (κ1) is 23.1. The standard InChI is InChI=1S/C12H18N2O4.C5H13NO/c1-13(2)7-4-8-18-11-6-5-10(14(15)16)9-12(11)17-3;1-6(2)4-3-5-7/h5-6,9H,4,7-8H2,1-3H3;7H,3-5H2,1-2H3. The van der Waals surface area contributed by atoms with Gasteiger partial charge in [-0.15, -0.1) is 0 Å². The van der Waals surface area contributed by atoms with Gasteiger partial charge < -0.3 is 24.4 Å². The Hall–Kier alpha value is -1.90. The van der Waals surface area contributed by atoms with Gasteiger partial charge in [0.25, 0.3) is 5.69 Å². The third-order valence-corrected chi connectivity index (χ3v) is 3.13. The average Bonchev–Trinajstić information content (AvgIpc) is 2.57. The summed E-state index contributed by atoms with van der Waals surface area (Å²) < 4.78 is 10.6. The zero-order valence-electron chi connectivity index (χ0n) is 15.9. The fourth-order valence-electron chi connectivity index (χ4n) is 1.84. The van der Waals surface area contributed by atoms with Gasteiger partial charge in [-0.3, -0.25) is 10.1 Å². The molecule has 0 aliphatic heterocycles. The predicted molar refractivity (Wildman–Crippen MR) is 98.6 cm³/mol. The van der Waals surface area contributed by atoms with Gasteiger partial charge in [-0.25, -0.2) is 0 Å². The van der Waals surface area contributed by atoms with E-state index in [1.807, 2.05) is 28.2 Å². The normalized spacial score (nSPS) is 10.4. The Balaban J connectivity index is 0.000000697. The van der Waals surface area contributed by atoms with Crippen LogP contribution in [0, 0.1) is 10.1 Å². The third kappa shape index (κ3) is 11.3. The van der Waals surface area contributed by atoms with Gasteiger partial charge in [0.05, 0.1) is 24.7 Å². The number of hydrogen-bond acceptors (Lipinski definition) is 7. The van der Waals surface area contributed by atoms with Crippen LogP contribution in [-0.2, 0) is 0 Å². The van der Waals surface area contributed by atoms with Crippen LogP contribution in [0.1, 0.15) is 12.8 Å². The minimum atomic E-state index is -0.460. The highest BCUT2D eigenvalue weighted by Gasteiger charge is 2.12. The molecule has 0 fully saturated rings. The zero-order valence-corrected chi connectivity index (χ0v) is 15.9. The molecule has 1 rings (SSSR count). The van der Waals surface area contributed by atoms with Gasteiger partial charge in [0, 0.05) is 19.2 Å². The van der Waals surface area contributed by atoms with E-state index < -0.39 is 4.92 Å². The van der Waals surface area contributed by atoms with Gasteiger partial charge in [0.15, 0.2) is 11.5 Å². The second-order valence-electron chi connectivity index (χ2n) is 5.98. The monoisotopic (exact) mass is 357 g/mol. The largest absolute Gasteiger partial charge is 0.493 e. The van der Waals surface area contributed by atoms with E-state index in [-0.39, 0.29) is 5.69 Å². The summed E-state index contributed by atoms with van der Waals surface area (Å²) in [6.07, 6.45) is 1.76. The molecule has 0 atom stereocenters. The summed E-state index contributed by atoms with van der Waals surface area (Å²) in [6.45, 7) is 2.76. The fraction of sp³-hybridized carbons (Fsp3) is 0.647. The summed E-state index contributed by atoms with van der Waals surface area (Å²) >= 11 is 0.